The summed E-state index contributed by atoms with van der Waals surface area (Å²) in [6, 6.07) is 14.8. The molecule has 0 fully saturated rings. The molecule has 4 nitrogen and oxygen atoms in total. The molecule has 0 aliphatic rings. The second kappa shape index (κ2) is 5.79. The summed E-state index contributed by atoms with van der Waals surface area (Å²) in [5.41, 5.74) is 6.06. The summed E-state index contributed by atoms with van der Waals surface area (Å²) >= 11 is 0. The largest absolute Gasteiger partial charge is 0.381 e. The molecule has 0 radical (unpaired) electrons. The van der Waals surface area contributed by atoms with Gasteiger partial charge in [-0.3, -0.25) is 4.57 Å². The predicted octanol–water partition coefficient (Wildman–Crippen LogP) is 3.50. The summed E-state index contributed by atoms with van der Waals surface area (Å²) in [4.78, 5) is 0. The molecule has 0 bridgehead atoms. The van der Waals surface area contributed by atoms with Gasteiger partial charge in [-0.1, -0.05) is 29.8 Å². The first kappa shape index (κ1) is 13.4. The maximum atomic E-state index is 3.83. The summed E-state index contributed by atoms with van der Waals surface area (Å²) in [7, 11) is 0. The summed E-state index contributed by atoms with van der Waals surface area (Å²) in [6.07, 6.45) is 3.40. The van der Waals surface area contributed by atoms with Gasteiger partial charge < -0.3 is 5.32 Å². The maximum absolute atomic E-state index is 3.83. The molecule has 0 spiro atoms. The maximum Gasteiger partial charge on any atom is 0.123 e. The Morgan fingerprint density at radius 2 is 1.81 bits per heavy atom. The normalized spacial score (nSPS) is 10.6. The fourth-order valence-corrected chi connectivity index (χ4v) is 2.35. The summed E-state index contributed by atoms with van der Waals surface area (Å²) in [6.45, 7) is 5.09. The van der Waals surface area contributed by atoms with Crippen molar-refractivity contribution in [2.75, 3.05) is 5.32 Å². The van der Waals surface area contributed by atoms with Crippen LogP contribution in [0.15, 0.2) is 55.1 Å². The Morgan fingerprint density at radius 1 is 1.00 bits per heavy atom. The molecule has 1 heterocycles. The van der Waals surface area contributed by atoms with E-state index < -0.39 is 0 Å². The van der Waals surface area contributed by atoms with Gasteiger partial charge in [-0.05, 0) is 43.2 Å². The highest BCUT2D eigenvalue weighted by atomic mass is 15.2. The third kappa shape index (κ3) is 3.11. The van der Waals surface area contributed by atoms with Crippen molar-refractivity contribution in [3.63, 3.8) is 0 Å². The Kier molecular flexibility index (Phi) is 3.69. The van der Waals surface area contributed by atoms with Gasteiger partial charge in [0.25, 0.3) is 0 Å². The molecular formula is C17H18N4. The first-order valence-electron chi connectivity index (χ1n) is 6.97. The average molecular weight is 278 g/mol. The molecule has 0 atom stereocenters. The van der Waals surface area contributed by atoms with E-state index in [1.54, 1.807) is 12.7 Å². The number of benzene rings is 2. The third-order valence-corrected chi connectivity index (χ3v) is 3.54. The van der Waals surface area contributed by atoms with Gasteiger partial charge >= 0.3 is 0 Å². The number of hydrogen-bond donors (Lipinski definition) is 1. The molecule has 21 heavy (non-hydrogen) atoms. The Morgan fingerprint density at radius 3 is 2.57 bits per heavy atom. The van der Waals surface area contributed by atoms with E-state index >= 15 is 0 Å². The molecule has 0 saturated carbocycles. The molecule has 2 aromatic carbocycles. The van der Waals surface area contributed by atoms with Crippen molar-refractivity contribution in [3.05, 3.63) is 71.8 Å². The van der Waals surface area contributed by atoms with Gasteiger partial charge in [0.2, 0.25) is 0 Å². The average Bonchev–Trinajstić information content (AvgIpc) is 3.01. The van der Waals surface area contributed by atoms with Crippen molar-refractivity contribution in [2.45, 2.75) is 20.4 Å². The van der Waals surface area contributed by atoms with E-state index in [1.165, 1.54) is 16.7 Å². The number of aromatic nitrogens is 3. The van der Waals surface area contributed by atoms with Crippen molar-refractivity contribution >= 4 is 5.69 Å². The van der Waals surface area contributed by atoms with E-state index in [2.05, 4.69) is 59.7 Å². The molecule has 106 valence electrons. The van der Waals surface area contributed by atoms with Gasteiger partial charge in [0.15, 0.2) is 0 Å². The minimum Gasteiger partial charge on any atom is -0.381 e. The fourth-order valence-electron chi connectivity index (χ4n) is 2.35. The van der Waals surface area contributed by atoms with E-state index in [0.717, 1.165) is 17.9 Å². The van der Waals surface area contributed by atoms with Crippen molar-refractivity contribution in [1.29, 1.82) is 0 Å². The molecule has 4 heteroatoms. The van der Waals surface area contributed by atoms with Crippen molar-refractivity contribution < 1.29 is 0 Å². The minimum absolute atomic E-state index is 0.817. The number of rotatable bonds is 4. The smallest absolute Gasteiger partial charge is 0.123 e. The van der Waals surface area contributed by atoms with Gasteiger partial charge in [0.05, 0.1) is 5.69 Å². The van der Waals surface area contributed by atoms with Crippen LogP contribution in [0.5, 0.6) is 0 Å². The highest BCUT2D eigenvalue weighted by Crippen LogP contribution is 2.17. The van der Waals surface area contributed by atoms with Crippen LogP contribution in [0.4, 0.5) is 5.69 Å². The van der Waals surface area contributed by atoms with E-state index in [9.17, 15) is 0 Å². The van der Waals surface area contributed by atoms with Crippen LogP contribution in [0.1, 0.15) is 16.7 Å². The van der Waals surface area contributed by atoms with E-state index in [-0.39, 0.29) is 0 Å². The van der Waals surface area contributed by atoms with Crippen LogP contribution in [0, 0.1) is 13.8 Å². The van der Waals surface area contributed by atoms with E-state index in [1.807, 2.05) is 16.7 Å². The van der Waals surface area contributed by atoms with Crippen LogP contribution in [-0.2, 0) is 6.54 Å². The van der Waals surface area contributed by atoms with Crippen LogP contribution < -0.4 is 5.32 Å². The summed E-state index contributed by atoms with van der Waals surface area (Å²) in [5.74, 6) is 0. The van der Waals surface area contributed by atoms with Crippen molar-refractivity contribution in [1.82, 2.24) is 14.8 Å². The summed E-state index contributed by atoms with van der Waals surface area (Å²) < 4.78 is 1.89. The second-order valence-corrected chi connectivity index (χ2v) is 5.20. The van der Waals surface area contributed by atoms with Gasteiger partial charge in [0, 0.05) is 12.2 Å². The Hall–Kier alpha value is -2.62. The van der Waals surface area contributed by atoms with Crippen LogP contribution in [-0.4, -0.2) is 14.8 Å². The quantitative estimate of drug-likeness (QED) is 0.794. The zero-order valence-corrected chi connectivity index (χ0v) is 12.2. The SMILES string of the molecule is Cc1ccc(CNc2cccc(-n3cnnc3)c2)c(C)c1. The molecule has 0 aliphatic carbocycles. The number of nitrogens with one attached hydrogen (secondary N) is 1. The summed E-state index contributed by atoms with van der Waals surface area (Å²) in [5, 5.41) is 11.1. The Bertz CT molecular complexity index is 732. The molecule has 1 N–H and O–H groups in total. The highest BCUT2D eigenvalue weighted by molar-refractivity contribution is 5.51. The van der Waals surface area contributed by atoms with Crippen LogP contribution >= 0.6 is 0 Å². The number of nitrogens with zero attached hydrogens (tertiary/aromatic N) is 3. The van der Waals surface area contributed by atoms with E-state index in [4.69, 9.17) is 0 Å². The van der Waals surface area contributed by atoms with Crippen molar-refractivity contribution in [3.8, 4) is 5.69 Å². The lowest BCUT2D eigenvalue weighted by molar-refractivity contribution is 1.05. The molecule has 0 amide bonds. The predicted molar refractivity (Wildman–Crippen MR) is 84.6 cm³/mol. The molecule has 1 aromatic heterocycles. The molecule has 0 unspecified atom stereocenters. The van der Waals surface area contributed by atoms with Crippen LogP contribution in [0.3, 0.4) is 0 Å². The highest BCUT2D eigenvalue weighted by Gasteiger charge is 2.01. The monoisotopic (exact) mass is 278 g/mol. The van der Waals surface area contributed by atoms with Crippen LogP contribution in [0.2, 0.25) is 0 Å². The lowest BCUT2D eigenvalue weighted by Gasteiger charge is -2.11. The lowest BCUT2D eigenvalue weighted by Crippen LogP contribution is -2.02. The minimum atomic E-state index is 0.817. The van der Waals surface area contributed by atoms with Gasteiger partial charge in [-0.15, -0.1) is 10.2 Å². The second-order valence-electron chi connectivity index (χ2n) is 5.20. The van der Waals surface area contributed by atoms with Crippen LogP contribution in [0.25, 0.3) is 5.69 Å². The molecule has 0 aliphatic heterocycles. The fraction of sp³-hybridized carbons (Fsp3) is 0.176. The lowest BCUT2D eigenvalue weighted by atomic mass is 10.1. The zero-order valence-electron chi connectivity index (χ0n) is 12.2. The Labute approximate surface area is 124 Å². The van der Waals surface area contributed by atoms with Gasteiger partial charge in [0.1, 0.15) is 12.7 Å². The third-order valence-electron chi connectivity index (χ3n) is 3.54. The van der Waals surface area contributed by atoms with E-state index in [0.29, 0.717) is 0 Å². The molecular weight excluding hydrogens is 260 g/mol. The molecule has 3 rings (SSSR count). The van der Waals surface area contributed by atoms with Crippen molar-refractivity contribution in [2.24, 2.45) is 0 Å². The number of aryl methyl sites for hydroxylation is 2. The topological polar surface area (TPSA) is 42.7 Å². The Balaban J connectivity index is 1.75. The standard InChI is InChI=1S/C17H18N4/c1-13-6-7-15(14(2)8-13)10-18-16-4-3-5-17(9-16)21-11-19-20-12-21/h3-9,11-12,18H,10H2,1-2H3. The first-order valence-corrected chi connectivity index (χ1v) is 6.97. The van der Waals surface area contributed by atoms with Gasteiger partial charge in [-0.25, -0.2) is 0 Å². The first-order chi connectivity index (χ1) is 10.2. The number of anilines is 1. The molecule has 0 saturated heterocycles. The number of hydrogen-bond acceptors (Lipinski definition) is 3. The molecule has 3 aromatic rings. The zero-order chi connectivity index (χ0) is 14.7. The van der Waals surface area contributed by atoms with Gasteiger partial charge in [-0.2, -0.15) is 0 Å².